The van der Waals surface area contributed by atoms with Gasteiger partial charge >= 0.3 is 0 Å². The second kappa shape index (κ2) is 7.36. The molecule has 0 saturated carbocycles. The maximum absolute atomic E-state index is 5.86. The average molecular weight is 294 g/mol. The number of rotatable bonds is 6. The molecule has 1 heterocycles. The van der Waals surface area contributed by atoms with Crippen LogP contribution in [0.3, 0.4) is 0 Å². The van der Waals surface area contributed by atoms with Gasteiger partial charge in [-0.1, -0.05) is 30.7 Å². The number of nitrogens with zero attached hydrogens (tertiary/aromatic N) is 2. The zero-order valence-corrected chi connectivity index (χ0v) is 12.3. The van der Waals surface area contributed by atoms with E-state index in [1.165, 1.54) is 5.56 Å². The number of anilines is 1. The number of hydrogen-bond acceptors (Lipinski definition) is 4. The lowest BCUT2D eigenvalue weighted by Crippen LogP contribution is -2.02. The molecule has 3 nitrogen and oxygen atoms in total. The van der Waals surface area contributed by atoms with Crippen LogP contribution in [-0.2, 0) is 5.75 Å². The van der Waals surface area contributed by atoms with Gasteiger partial charge in [-0.25, -0.2) is 4.98 Å². The minimum atomic E-state index is 0.763. The van der Waals surface area contributed by atoms with Crippen molar-refractivity contribution < 1.29 is 0 Å². The fourth-order valence-electron chi connectivity index (χ4n) is 1.49. The smallest absolute Gasteiger partial charge is 0.145 e. The highest BCUT2D eigenvalue weighted by atomic mass is 35.5. The number of hydrogen-bond donors (Lipinski definition) is 1. The standard InChI is InChI=1S/C14H16ClN3S/c1-2-7-17-13-8-16-9-14(18-13)19-10-11-3-5-12(15)6-4-11/h3-6,8-9H,2,7,10H2,1H3,(H,17,18). The van der Waals surface area contributed by atoms with Crippen molar-refractivity contribution in [3.8, 4) is 0 Å². The SMILES string of the molecule is CCCNc1cncc(SCc2ccc(Cl)cc2)n1. The molecular weight excluding hydrogens is 278 g/mol. The fraction of sp³-hybridized carbons (Fsp3) is 0.286. The van der Waals surface area contributed by atoms with Crippen LogP contribution in [0.2, 0.25) is 5.02 Å². The minimum Gasteiger partial charge on any atom is -0.369 e. The van der Waals surface area contributed by atoms with E-state index in [9.17, 15) is 0 Å². The summed E-state index contributed by atoms with van der Waals surface area (Å²) in [5, 5.41) is 4.93. The Morgan fingerprint density at radius 3 is 2.74 bits per heavy atom. The van der Waals surface area contributed by atoms with Crippen molar-refractivity contribution in [2.75, 3.05) is 11.9 Å². The molecule has 0 aliphatic carbocycles. The van der Waals surface area contributed by atoms with E-state index in [1.54, 1.807) is 24.2 Å². The molecule has 0 fully saturated rings. The maximum Gasteiger partial charge on any atom is 0.145 e. The molecule has 0 unspecified atom stereocenters. The number of thioether (sulfide) groups is 1. The predicted molar refractivity (Wildman–Crippen MR) is 81.8 cm³/mol. The summed E-state index contributed by atoms with van der Waals surface area (Å²) < 4.78 is 0. The molecule has 1 aromatic carbocycles. The Bertz CT molecular complexity index is 516. The van der Waals surface area contributed by atoms with Gasteiger partial charge in [0.15, 0.2) is 0 Å². The predicted octanol–water partition coefficient (Wildman–Crippen LogP) is 4.24. The Morgan fingerprint density at radius 2 is 2.00 bits per heavy atom. The first-order chi connectivity index (χ1) is 9.28. The number of nitrogens with one attached hydrogen (secondary N) is 1. The van der Waals surface area contributed by atoms with E-state index in [4.69, 9.17) is 11.6 Å². The first-order valence-electron chi connectivity index (χ1n) is 6.21. The Balaban J connectivity index is 1.93. The lowest BCUT2D eigenvalue weighted by Gasteiger charge is -2.05. The number of halogens is 1. The molecule has 0 bridgehead atoms. The first-order valence-corrected chi connectivity index (χ1v) is 7.57. The summed E-state index contributed by atoms with van der Waals surface area (Å²) in [4.78, 5) is 8.70. The molecule has 100 valence electrons. The summed E-state index contributed by atoms with van der Waals surface area (Å²) in [6.07, 6.45) is 4.61. The lowest BCUT2D eigenvalue weighted by molar-refractivity contribution is 0.948. The van der Waals surface area contributed by atoms with Crippen molar-refractivity contribution in [2.24, 2.45) is 0 Å². The summed E-state index contributed by atoms with van der Waals surface area (Å²) in [5.74, 6) is 1.70. The molecule has 1 N–H and O–H groups in total. The van der Waals surface area contributed by atoms with Crippen LogP contribution in [-0.4, -0.2) is 16.5 Å². The van der Waals surface area contributed by atoms with E-state index in [2.05, 4.69) is 22.2 Å². The topological polar surface area (TPSA) is 37.8 Å². The highest BCUT2D eigenvalue weighted by Gasteiger charge is 2.00. The van der Waals surface area contributed by atoms with E-state index in [1.807, 2.05) is 24.3 Å². The van der Waals surface area contributed by atoms with Gasteiger partial charge in [0.2, 0.25) is 0 Å². The van der Waals surface area contributed by atoms with Gasteiger partial charge in [-0.3, -0.25) is 4.98 Å². The van der Waals surface area contributed by atoms with E-state index in [0.29, 0.717) is 0 Å². The van der Waals surface area contributed by atoms with Gasteiger partial charge in [0.1, 0.15) is 10.8 Å². The van der Waals surface area contributed by atoms with Gasteiger partial charge < -0.3 is 5.32 Å². The summed E-state index contributed by atoms with van der Waals surface area (Å²) in [6, 6.07) is 7.87. The fourth-order valence-corrected chi connectivity index (χ4v) is 2.43. The summed E-state index contributed by atoms with van der Waals surface area (Å²) >= 11 is 7.53. The van der Waals surface area contributed by atoms with Gasteiger partial charge in [0.05, 0.1) is 12.4 Å². The molecule has 1 aromatic heterocycles. The normalized spacial score (nSPS) is 10.4. The summed E-state index contributed by atoms with van der Waals surface area (Å²) in [5.41, 5.74) is 1.23. The van der Waals surface area contributed by atoms with Crippen LogP contribution in [0.15, 0.2) is 41.7 Å². The van der Waals surface area contributed by atoms with Crippen molar-refractivity contribution in [1.29, 1.82) is 0 Å². The Labute approximate surface area is 122 Å². The third kappa shape index (κ3) is 4.73. The third-order valence-electron chi connectivity index (χ3n) is 2.47. The summed E-state index contributed by atoms with van der Waals surface area (Å²) in [6.45, 7) is 3.04. The summed E-state index contributed by atoms with van der Waals surface area (Å²) in [7, 11) is 0. The van der Waals surface area contributed by atoms with Crippen LogP contribution < -0.4 is 5.32 Å². The van der Waals surface area contributed by atoms with Gasteiger partial charge in [-0.2, -0.15) is 0 Å². The lowest BCUT2D eigenvalue weighted by atomic mass is 10.2. The van der Waals surface area contributed by atoms with E-state index in [0.717, 1.165) is 34.6 Å². The molecule has 19 heavy (non-hydrogen) atoms. The second-order valence-electron chi connectivity index (χ2n) is 4.08. The molecule has 0 saturated heterocycles. The Hall–Kier alpha value is -1.26. The van der Waals surface area contributed by atoms with Crippen molar-refractivity contribution in [2.45, 2.75) is 24.1 Å². The largest absolute Gasteiger partial charge is 0.369 e. The van der Waals surface area contributed by atoms with Gasteiger partial charge in [0.25, 0.3) is 0 Å². The van der Waals surface area contributed by atoms with Gasteiger partial charge in [-0.05, 0) is 24.1 Å². The highest BCUT2D eigenvalue weighted by Crippen LogP contribution is 2.22. The molecule has 2 rings (SSSR count). The van der Waals surface area contributed by atoms with Crippen LogP contribution in [0, 0.1) is 0 Å². The van der Waals surface area contributed by atoms with Crippen LogP contribution in [0.4, 0.5) is 5.82 Å². The molecule has 0 atom stereocenters. The van der Waals surface area contributed by atoms with Crippen LogP contribution in [0.5, 0.6) is 0 Å². The molecule has 2 aromatic rings. The van der Waals surface area contributed by atoms with Crippen molar-refractivity contribution in [3.05, 3.63) is 47.2 Å². The van der Waals surface area contributed by atoms with Crippen molar-refractivity contribution in [3.63, 3.8) is 0 Å². The third-order valence-corrected chi connectivity index (χ3v) is 3.69. The minimum absolute atomic E-state index is 0.763. The Morgan fingerprint density at radius 1 is 1.21 bits per heavy atom. The molecule has 0 spiro atoms. The second-order valence-corrected chi connectivity index (χ2v) is 5.52. The molecule has 0 aliphatic rings. The van der Waals surface area contributed by atoms with E-state index < -0.39 is 0 Å². The molecule has 5 heteroatoms. The number of benzene rings is 1. The van der Waals surface area contributed by atoms with E-state index >= 15 is 0 Å². The number of aromatic nitrogens is 2. The highest BCUT2D eigenvalue weighted by molar-refractivity contribution is 7.98. The van der Waals surface area contributed by atoms with Gasteiger partial charge in [-0.15, -0.1) is 11.8 Å². The van der Waals surface area contributed by atoms with Crippen molar-refractivity contribution in [1.82, 2.24) is 9.97 Å². The quantitative estimate of drug-likeness (QED) is 0.808. The molecular formula is C14H16ClN3S. The zero-order valence-electron chi connectivity index (χ0n) is 10.8. The molecule has 0 amide bonds. The monoisotopic (exact) mass is 293 g/mol. The molecule has 0 radical (unpaired) electrons. The van der Waals surface area contributed by atoms with Crippen LogP contribution >= 0.6 is 23.4 Å². The zero-order chi connectivity index (χ0) is 13.5. The maximum atomic E-state index is 5.86. The van der Waals surface area contributed by atoms with E-state index in [-0.39, 0.29) is 0 Å². The van der Waals surface area contributed by atoms with Crippen LogP contribution in [0.25, 0.3) is 0 Å². The molecule has 0 aliphatic heterocycles. The van der Waals surface area contributed by atoms with Gasteiger partial charge in [0, 0.05) is 17.3 Å². The average Bonchev–Trinajstić information content (AvgIpc) is 2.45. The van der Waals surface area contributed by atoms with Crippen LogP contribution in [0.1, 0.15) is 18.9 Å². The first kappa shape index (κ1) is 14.2. The Kier molecular flexibility index (Phi) is 5.48. The van der Waals surface area contributed by atoms with Crippen molar-refractivity contribution >= 4 is 29.2 Å².